The molecule has 0 bridgehead atoms. The fourth-order valence-corrected chi connectivity index (χ4v) is 2.93. The summed E-state index contributed by atoms with van der Waals surface area (Å²) in [4.78, 5) is 24.7. The van der Waals surface area contributed by atoms with Gasteiger partial charge >= 0.3 is 0 Å². The molecule has 1 aromatic carbocycles. The largest absolute Gasteiger partial charge is 0.495 e. The number of carbonyl (C=O) groups is 2. The first-order chi connectivity index (χ1) is 10.4. The van der Waals surface area contributed by atoms with Gasteiger partial charge in [-0.2, -0.15) is 0 Å². The van der Waals surface area contributed by atoms with E-state index in [1.807, 2.05) is 0 Å². The number of primary amides is 1. The Morgan fingerprint density at radius 3 is 2.68 bits per heavy atom. The van der Waals surface area contributed by atoms with Crippen LogP contribution < -0.4 is 15.8 Å². The summed E-state index contributed by atoms with van der Waals surface area (Å²) >= 11 is 7.17. The van der Waals surface area contributed by atoms with Crippen LogP contribution in [0.5, 0.6) is 5.75 Å². The number of nitrogens with one attached hydrogen (secondary N) is 1. The van der Waals surface area contributed by atoms with Crippen LogP contribution in [-0.4, -0.2) is 18.9 Å². The van der Waals surface area contributed by atoms with Crippen molar-refractivity contribution in [3.63, 3.8) is 0 Å². The van der Waals surface area contributed by atoms with E-state index in [1.165, 1.54) is 18.4 Å². The van der Waals surface area contributed by atoms with Gasteiger partial charge in [-0.1, -0.05) is 23.7 Å². The fraction of sp³-hybridized carbons (Fsp3) is 0.200. The third-order valence-electron chi connectivity index (χ3n) is 3.31. The molecular weight excluding hydrogens is 324 g/mol. The molecule has 3 N–H and O–H groups in total. The van der Waals surface area contributed by atoms with Crippen molar-refractivity contribution < 1.29 is 14.3 Å². The molecule has 0 aliphatic heterocycles. The number of hydrogen-bond acceptors (Lipinski definition) is 4. The predicted octanol–water partition coefficient (Wildman–Crippen LogP) is 2.54. The summed E-state index contributed by atoms with van der Waals surface area (Å²) in [6.45, 7) is 1.54. The molecule has 0 radical (unpaired) electrons. The van der Waals surface area contributed by atoms with Crippen LogP contribution in [0.1, 0.15) is 22.2 Å². The summed E-state index contributed by atoms with van der Waals surface area (Å²) in [7, 11) is 1.48. The van der Waals surface area contributed by atoms with Gasteiger partial charge in [-0.15, -0.1) is 11.3 Å². The van der Waals surface area contributed by atoms with Crippen molar-refractivity contribution in [2.75, 3.05) is 7.11 Å². The van der Waals surface area contributed by atoms with Gasteiger partial charge in [0.15, 0.2) is 0 Å². The molecule has 5 nitrogen and oxygen atoms in total. The minimum Gasteiger partial charge on any atom is -0.495 e. The van der Waals surface area contributed by atoms with E-state index < -0.39 is 17.4 Å². The second-order valence-electron chi connectivity index (χ2n) is 4.77. The van der Waals surface area contributed by atoms with E-state index in [0.717, 1.165) is 0 Å². The van der Waals surface area contributed by atoms with Crippen LogP contribution in [0.4, 0.5) is 0 Å². The molecule has 0 spiro atoms. The van der Waals surface area contributed by atoms with Crippen LogP contribution in [0.2, 0.25) is 5.02 Å². The van der Waals surface area contributed by atoms with E-state index >= 15 is 0 Å². The monoisotopic (exact) mass is 338 g/mol. The minimum absolute atomic E-state index is 0.372. The van der Waals surface area contributed by atoms with Crippen molar-refractivity contribution in [1.82, 2.24) is 5.32 Å². The van der Waals surface area contributed by atoms with Gasteiger partial charge in [0.05, 0.1) is 7.11 Å². The summed E-state index contributed by atoms with van der Waals surface area (Å²) in [5, 5.41) is 4.85. The van der Waals surface area contributed by atoms with Crippen molar-refractivity contribution in [2.24, 2.45) is 5.73 Å². The Labute approximate surface area is 137 Å². The lowest BCUT2D eigenvalue weighted by Crippen LogP contribution is -2.52. The highest BCUT2D eigenvalue weighted by atomic mass is 35.5. The van der Waals surface area contributed by atoms with Gasteiger partial charge in [-0.05, 0) is 36.1 Å². The second kappa shape index (κ2) is 6.37. The van der Waals surface area contributed by atoms with Crippen LogP contribution >= 0.6 is 22.9 Å². The third-order valence-corrected chi connectivity index (χ3v) is 4.44. The maximum Gasteiger partial charge on any atom is 0.266 e. The van der Waals surface area contributed by atoms with Crippen LogP contribution in [0.25, 0.3) is 0 Å². The lowest BCUT2D eigenvalue weighted by Gasteiger charge is -2.28. The van der Waals surface area contributed by atoms with Crippen molar-refractivity contribution in [2.45, 2.75) is 12.5 Å². The molecule has 1 heterocycles. The number of benzene rings is 1. The van der Waals surface area contributed by atoms with Crippen molar-refractivity contribution in [3.8, 4) is 5.75 Å². The summed E-state index contributed by atoms with van der Waals surface area (Å²) < 4.78 is 5.12. The van der Waals surface area contributed by atoms with E-state index in [2.05, 4.69) is 5.32 Å². The van der Waals surface area contributed by atoms with Crippen molar-refractivity contribution in [1.29, 1.82) is 0 Å². The maximum atomic E-state index is 12.4. The van der Waals surface area contributed by atoms with Gasteiger partial charge in [0.25, 0.3) is 5.91 Å². The Morgan fingerprint density at radius 1 is 1.36 bits per heavy atom. The Kier molecular flexibility index (Phi) is 4.73. The second-order valence-corrected chi connectivity index (χ2v) is 6.12. The lowest BCUT2D eigenvalue weighted by molar-refractivity contribution is -0.123. The molecule has 0 fully saturated rings. The van der Waals surface area contributed by atoms with E-state index in [4.69, 9.17) is 22.1 Å². The standard InChI is InChI=1S/C15H15ClN2O3S/c1-15(14(17)20,9-4-3-5-10(16)8-9)18-13(19)12-11(21-2)6-7-22-12/h3-8H,1-2H3,(H2,17,20)(H,18,19). The van der Waals surface area contributed by atoms with E-state index in [-0.39, 0.29) is 0 Å². The van der Waals surface area contributed by atoms with Gasteiger partial charge < -0.3 is 15.8 Å². The smallest absolute Gasteiger partial charge is 0.266 e. The zero-order valence-electron chi connectivity index (χ0n) is 12.1. The highest BCUT2D eigenvalue weighted by molar-refractivity contribution is 7.12. The van der Waals surface area contributed by atoms with Gasteiger partial charge in [-0.25, -0.2) is 0 Å². The van der Waals surface area contributed by atoms with Gasteiger partial charge in [0, 0.05) is 5.02 Å². The molecular formula is C15H15ClN2O3S. The van der Waals surface area contributed by atoms with Crippen molar-refractivity contribution >= 4 is 34.8 Å². The Balaban J connectivity index is 2.37. The average Bonchev–Trinajstić information content (AvgIpc) is 2.95. The Hall–Kier alpha value is -2.05. The average molecular weight is 339 g/mol. The maximum absolute atomic E-state index is 12.4. The molecule has 0 aliphatic rings. The van der Waals surface area contributed by atoms with Gasteiger partial charge in [0.2, 0.25) is 5.91 Å². The van der Waals surface area contributed by atoms with Crippen LogP contribution in [0, 0.1) is 0 Å². The first kappa shape index (κ1) is 16.3. The Morgan fingerprint density at radius 2 is 2.09 bits per heavy atom. The number of amides is 2. The highest BCUT2D eigenvalue weighted by Gasteiger charge is 2.36. The first-order valence-electron chi connectivity index (χ1n) is 6.38. The highest BCUT2D eigenvalue weighted by Crippen LogP contribution is 2.28. The molecule has 1 unspecified atom stereocenters. The molecule has 22 heavy (non-hydrogen) atoms. The molecule has 2 rings (SSSR count). The van der Waals surface area contributed by atoms with E-state index in [1.54, 1.807) is 42.6 Å². The number of halogens is 1. The third kappa shape index (κ3) is 3.08. The number of thiophene rings is 1. The van der Waals surface area contributed by atoms with Crippen molar-refractivity contribution in [3.05, 3.63) is 51.2 Å². The molecule has 2 aromatic rings. The zero-order valence-corrected chi connectivity index (χ0v) is 13.6. The summed E-state index contributed by atoms with van der Waals surface area (Å²) in [5.41, 5.74) is 4.63. The summed E-state index contributed by atoms with van der Waals surface area (Å²) in [5.74, 6) is -0.674. The topological polar surface area (TPSA) is 81.4 Å². The van der Waals surface area contributed by atoms with E-state index in [9.17, 15) is 9.59 Å². The lowest BCUT2D eigenvalue weighted by atomic mass is 9.91. The van der Waals surface area contributed by atoms with Crippen LogP contribution in [0.3, 0.4) is 0 Å². The normalized spacial score (nSPS) is 13.2. The number of carbonyl (C=O) groups excluding carboxylic acids is 2. The molecule has 116 valence electrons. The summed E-state index contributed by atoms with van der Waals surface area (Å²) in [6.07, 6.45) is 0. The molecule has 1 atom stereocenters. The summed E-state index contributed by atoms with van der Waals surface area (Å²) in [6, 6.07) is 8.33. The number of methoxy groups -OCH3 is 1. The SMILES string of the molecule is COc1ccsc1C(=O)NC(C)(C(N)=O)c1cccc(Cl)c1. The molecule has 2 amide bonds. The molecule has 0 saturated heterocycles. The number of rotatable bonds is 5. The molecule has 7 heteroatoms. The molecule has 0 saturated carbocycles. The molecule has 1 aromatic heterocycles. The number of hydrogen-bond donors (Lipinski definition) is 2. The van der Waals surface area contributed by atoms with E-state index in [0.29, 0.717) is 21.2 Å². The van der Waals surface area contributed by atoms with Gasteiger partial charge in [0.1, 0.15) is 16.2 Å². The van der Waals surface area contributed by atoms with Crippen LogP contribution in [0.15, 0.2) is 35.7 Å². The fourth-order valence-electron chi connectivity index (χ4n) is 1.98. The number of nitrogens with two attached hydrogens (primary N) is 1. The minimum atomic E-state index is -1.38. The molecule has 0 aliphatic carbocycles. The number of ether oxygens (including phenoxy) is 1. The van der Waals surface area contributed by atoms with Gasteiger partial charge in [-0.3, -0.25) is 9.59 Å². The Bertz CT molecular complexity index is 716. The van der Waals surface area contributed by atoms with Crippen LogP contribution in [-0.2, 0) is 10.3 Å². The first-order valence-corrected chi connectivity index (χ1v) is 7.64. The predicted molar refractivity (Wildman–Crippen MR) is 86.3 cm³/mol. The quantitative estimate of drug-likeness (QED) is 0.879. The zero-order chi connectivity index (χ0) is 16.3.